The lowest BCUT2D eigenvalue weighted by Crippen LogP contribution is -2.43. The van der Waals surface area contributed by atoms with Crippen LogP contribution < -0.4 is 4.74 Å². The van der Waals surface area contributed by atoms with Crippen molar-refractivity contribution in [3.05, 3.63) is 167 Å². The number of methoxy groups -OCH3 is 1. The van der Waals surface area contributed by atoms with Crippen LogP contribution in [0.2, 0.25) is 0 Å². The highest BCUT2D eigenvalue weighted by atomic mass is 16.6. The van der Waals surface area contributed by atoms with Crippen LogP contribution in [0.25, 0.3) is 0 Å². The molecule has 5 aromatic rings. The number of carbonyl (C=O) groups is 2. The smallest absolute Gasteiger partial charge is 0.418 e. The Morgan fingerprint density at radius 3 is 1.98 bits per heavy atom. The van der Waals surface area contributed by atoms with E-state index in [-0.39, 0.29) is 18.9 Å². The van der Waals surface area contributed by atoms with E-state index in [1.54, 1.807) is 13.0 Å². The van der Waals surface area contributed by atoms with Crippen LogP contribution in [0.1, 0.15) is 59.2 Å². The summed E-state index contributed by atoms with van der Waals surface area (Å²) < 4.78 is 18.0. The molecule has 8 nitrogen and oxygen atoms in total. The van der Waals surface area contributed by atoms with E-state index in [1.165, 1.54) is 18.2 Å². The molecule has 0 spiro atoms. The van der Waals surface area contributed by atoms with Crippen molar-refractivity contribution >= 4 is 12.0 Å². The molecule has 0 radical (unpaired) electrons. The zero-order valence-corrected chi connectivity index (χ0v) is 27.0. The number of pyridine rings is 1. The number of nitrogens with zero attached hydrogens (tertiary/aromatic N) is 2. The first-order chi connectivity index (χ1) is 23.4. The third-order valence-corrected chi connectivity index (χ3v) is 8.98. The number of imide groups is 1. The monoisotopic (exact) mass is 642 g/mol. The summed E-state index contributed by atoms with van der Waals surface area (Å²) in [6.07, 6.45) is 0.505. The van der Waals surface area contributed by atoms with Crippen molar-refractivity contribution in [3.63, 3.8) is 0 Å². The van der Waals surface area contributed by atoms with Gasteiger partial charge in [0, 0.05) is 22.9 Å². The van der Waals surface area contributed by atoms with Crippen LogP contribution in [0.5, 0.6) is 5.88 Å². The summed E-state index contributed by atoms with van der Waals surface area (Å²) in [7, 11) is 1.50. The van der Waals surface area contributed by atoms with E-state index >= 15 is 0 Å². The van der Waals surface area contributed by atoms with Crippen molar-refractivity contribution in [2.45, 2.75) is 50.2 Å². The summed E-state index contributed by atoms with van der Waals surface area (Å²) in [6, 6.07) is 38.9. The minimum Gasteiger partial charge on any atom is -0.481 e. The fourth-order valence-corrected chi connectivity index (χ4v) is 6.58. The van der Waals surface area contributed by atoms with Crippen molar-refractivity contribution in [3.8, 4) is 5.88 Å². The van der Waals surface area contributed by atoms with Gasteiger partial charge in [-0.2, -0.15) is 0 Å². The Kier molecular flexibility index (Phi) is 9.66. The van der Waals surface area contributed by atoms with E-state index < -0.39 is 35.7 Å². The third kappa shape index (κ3) is 6.20. The van der Waals surface area contributed by atoms with Gasteiger partial charge in [0.1, 0.15) is 6.04 Å². The molecule has 1 N–H and O–H groups in total. The third-order valence-electron chi connectivity index (χ3n) is 8.98. The summed E-state index contributed by atoms with van der Waals surface area (Å²) in [5.41, 5.74) is 1.07. The number of cyclic esters (lactones) is 1. The number of aliphatic hydroxyl groups is 1. The quantitative estimate of drug-likeness (QED) is 0.151. The molecular formula is C40H38N2O6. The maximum atomic E-state index is 14.6. The Bertz CT molecular complexity index is 1800. The number of amides is 2. The summed E-state index contributed by atoms with van der Waals surface area (Å²) in [4.78, 5) is 34.2. The van der Waals surface area contributed by atoms with Gasteiger partial charge in [0.15, 0.2) is 5.60 Å². The minimum atomic E-state index is -1.69. The lowest BCUT2D eigenvalue weighted by molar-refractivity contribution is -0.135. The number of hydrogen-bond acceptors (Lipinski definition) is 7. The molecule has 1 aliphatic heterocycles. The first-order valence-corrected chi connectivity index (χ1v) is 16.0. The molecule has 48 heavy (non-hydrogen) atoms. The highest BCUT2D eigenvalue weighted by Crippen LogP contribution is 2.53. The van der Waals surface area contributed by atoms with Crippen molar-refractivity contribution < 1.29 is 28.9 Å². The van der Waals surface area contributed by atoms with Gasteiger partial charge in [0.05, 0.1) is 32.3 Å². The molecule has 2 heterocycles. The molecule has 1 aromatic heterocycles. The molecule has 0 saturated carbocycles. The topological polar surface area (TPSA) is 98.2 Å². The Morgan fingerprint density at radius 1 is 0.854 bits per heavy atom. The SMILES string of the molecule is CC[C@](O)(CC(=O)N1C(=O)OC(c2ccccc2)(c2ccccc2)[C@@H]1c1ccccc1)c1ccnc(OC)c1COCc1ccccc1. The predicted octanol–water partition coefficient (Wildman–Crippen LogP) is 7.46. The average Bonchev–Trinajstić information content (AvgIpc) is 3.47. The van der Waals surface area contributed by atoms with E-state index in [0.717, 1.165) is 16.7 Å². The zero-order valence-electron chi connectivity index (χ0n) is 27.0. The molecule has 8 heteroatoms. The van der Waals surface area contributed by atoms with Crippen LogP contribution in [-0.4, -0.2) is 34.1 Å². The minimum absolute atomic E-state index is 0.0846. The van der Waals surface area contributed by atoms with Gasteiger partial charge in [-0.1, -0.05) is 128 Å². The van der Waals surface area contributed by atoms with Crippen molar-refractivity contribution in [1.82, 2.24) is 9.88 Å². The Labute approximate surface area is 280 Å². The van der Waals surface area contributed by atoms with E-state index in [0.29, 0.717) is 23.3 Å². The second kappa shape index (κ2) is 14.2. The zero-order chi connectivity index (χ0) is 33.6. The number of carbonyl (C=O) groups excluding carboxylic acids is 2. The van der Waals surface area contributed by atoms with E-state index in [1.807, 2.05) is 121 Å². The molecule has 2 amide bonds. The number of aromatic nitrogens is 1. The Hall–Kier alpha value is -5.31. The molecule has 1 aliphatic rings. The highest BCUT2D eigenvalue weighted by Gasteiger charge is 2.59. The van der Waals surface area contributed by atoms with Gasteiger partial charge >= 0.3 is 6.09 Å². The maximum absolute atomic E-state index is 14.6. The highest BCUT2D eigenvalue weighted by molar-refractivity contribution is 5.95. The molecule has 6 rings (SSSR count). The van der Waals surface area contributed by atoms with Crippen LogP contribution in [-0.2, 0) is 38.7 Å². The molecule has 4 aromatic carbocycles. The van der Waals surface area contributed by atoms with Crippen LogP contribution in [0, 0.1) is 0 Å². The molecule has 0 unspecified atom stereocenters. The lowest BCUT2D eigenvalue weighted by atomic mass is 9.77. The number of rotatable bonds is 12. The van der Waals surface area contributed by atoms with Crippen molar-refractivity contribution in [2.75, 3.05) is 7.11 Å². The van der Waals surface area contributed by atoms with Crippen LogP contribution in [0.3, 0.4) is 0 Å². The van der Waals surface area contributed by atoms with E-state index in [2.05, 4.69) is 4.98 Å². The molecular weight excluding hydrogens is 604 g/mol. The Balaban J connectivity index is 1.40. The predicted molar refractivity (Wildman–Crippen MR) is 181 cm³/mol. The van der Waals surface area contributed by atoms with Gasteiger partial charge in [-0.15, -0.1) is 0 Å². The van der Waals surface area contributed by atoms with E-state index in [4.69, 9.17) is 14.2 Å². The molecule has 1 fully saturated rings. The first-order valence-electron chi connectivity index (χ1n) is 16.0. The van der Waals surface area contributed by atoms with Crippen molar-refractivity contribution in [2.24, 2.45) is 0 Å². The summed E-state index contributed by atoms with van der Waals surface area (Å²) in [5, 5.41) is 12.3. The van der Waals surface area contributed by atoms with Gasteiger partial charge in [0.25, 0.3) is 0 Å². The summed E-state index contributed by atoms with van der Waals surface area (Å²) in [6.45, 7) is 2.21. The molecule has 0 bridgehead atoms. The normalized spacial score (nSPS) is 16.6. The van der Waals surface area contributed by atoms with E-state index in [9.17, 15) is 14.7 Å². The van der Waals surface area contributed by atoms with Crippen LogP contribution >= 0.6 is 0 Å². The number of benzene rings is 4. The Morgan fingerprint density at radius 2 is 1.42 bits per heavy atom. The van der Waals surface area contributed by atoms with Gasteiger partial charge < -0.3 is 19.3 Å². The molecule has 2 atom stereocenters. The first kappa shape index (κ1) is 32.6. The second-order valence-electron chi connectivity index (χ2n) is 11.8. The molecule has 0 aliphatic carbocycles. The summed E-state index contributed by atoms with van der Waals surface area (Å²) in [5.74, 6) is -0.298. The maximum Gasteiger partial charge on any atom is 0.418 e. The number of hydrogen-bond donors (Lipinski definition) is 1. The number of ether oxygens (including phenoxy) is 3. The largest absolute Gasteiger partial charge is 0.481 e. The van der Waals surface area contributed by atoms with Crippen LogP contribution in [0.15, 0.2) is 134 Å². The standard InChI is InChI=1S/C40H38N2O6/c1-3-39(45,34-24-25-41-37(46-2)33(34)28-47-27-29-16-8-4-9-17-29)26-35(43)42-36(30-18-10-5-11-19-30)40(48-38(42)44,31-20-12-6-13-21-31)32-22-14-7-15-23-32/h4-25,36,45H,3,26-28H2,1-2H3/t36-,39-/m0/s1. The van der Waals surface area contributed by atoms with Gasteiger partial charge in [0.2, 0.25) is 11.8 Å². The fourth-order valence-electron chi connectivity index (χ4n) is 6.58. The second-order valence-corrected chi connectivity index (χ2v) is 11.8. The van der Waals surface area contributed by atoms with Crippen molar-refractivity contribution in [1.29, 1.82) is 0 Å². The average molecular weight is 643 g/mol. The fraction of sp³-hybridized carbons (Fsp3) is 0.225. The summed E-state index contributed by atoms with van der Waals surface area (Å²) >= 11 is 0. The van der Waals surface area contributed by atoms with Gasteiger partial charge in [-0.05, 0) is 29.2 Å². The van der Waals surface area contributed by atoms with Crippen LogP contribution in [0.4, 0.5) is 4.79 Å². The molecule has 244 valence electrons. The van der Waals surface area contributed by atoms with Gasteiger partial charge in [-0.25, -0.2) is 14.7 Å². The molecule has 1 saturated heterocycles. The van der Waals surface area contributed by atoms with Gasteiger partial charge in [-0.3, -0.25) is 4.79 Å². The lowest BCUT2D eigenvalue weighted by Gasteiger charge is -2.36.